The average Bonchev–Trinajstić information content (AvgIpc) is 3.04. The Morgan fingerprint density at radius 1 is 1.41 bits per heavy atom. The predicted octanol–water partition coefficient (Wildman–Crippen LogP) is -0.599. The second-order valence-corrected chi connectivity index (χ2v) is 6.16. The van der Waals surface area contributed by atoms with Gasteiger partial charge in [0.05, 0.1) is 12.6 Å². The molecule has 0 bridgehead atoms. The minimum Gasteiger partial charge on any atom is -0.393 e. The summed E-state index contributed by atoms with van der Waals surface area (Å²) in [5.41, 5.74) is 0. The second-order valence-electron chi connectivity index (χ2n) is 6.16. The Morgan fingerprint density at radius 2 is 2.18 bits per heavy atom. The number of nitrogens with zero attached hydrogens (tertiary/aromatic N) is 4. The quantitative estimate of drug-likeness (QED) is 0.662. The summed E-state index contributed by atoms with van der Waals surface area (Å²) in [6, 6.07) is -0.684. The van der Waals surface area contributed by atoms with Crippen molar-refractivity contribution in [1.82, 2.24) is 20.0 Å². The number of imide groups is 1. The molecule has 3 rings (SSSR count). The van der Waals surface area contributed by atoms with E-state index >= 15 is 0 Å². The molecule has 0 aliphatic carbocycles. The van der Waals surface area contributed by atoms with Gasteiger partial charge < -0.3 is 20.2 Å². The number of nitrogens with one attached hydrogen (secondary N) is 1. The largest absolute Gasteiger partial charge is 0.393 e. The average molecular weight is 309 g/mol. The number of guanidine groups is 1. The summed E-state index contributed by atoms with van der Waals surface area (Å²) in [6.45, 7) is 3.58. The van der Waals surface area contributed by atoms with Crippen LogP contribution in [0, 0.1) is 0 Å². The summed E-state index contributed by atoms with van der Waals surface area (Å²) < 4.78 is 0. The first-order valence-electron chi connectivity index (χ1n) is 7.84. The molecular weight excluding hydrogens is 286 g/mol. The number of aliphatic hydroxyl groups is 1. The minimum absolute atomic E-state index is 0.178. The van der Waals surface area contributed by atoms with Gasteiger partial charge in [-0.1, -0.05) is 0 Å². The molecule has 122 valence electrons. The van der Waals surface area contributed by atoms with E-state index in [0.29, 0.717) is 25.9 Å². The number of carbonyl (C=O) groups is 2. The normalized spacial score (nSPS) is 28.5. The van der Waals surface area contributed by atoms with Crippen molar-refractivity contribution >= 4 is 17.9 Å². The number of aliphatic imine (C=N–C) groups is 1. The zero-order valence-electron chi connectivity index (χ0n) is 13.0. The number of fused-ring (bicyclic) bond motifs is 3. The van der Waals surface area contributed by atoms with Gasteiger partial charge in [-0.2, -0.15) is 0 Å². The van der Waals surface area contributed by atoms with Crippen LogP contribution >= 0.6 is 0 Å². The minimum atomic E-state index is -0.432. The van der Waals surface area contributed by atoms with Crippen molar-refractivity contribution in [2.75, 3.05) is 26.7 Å². The lowest BCUT2D eigenvalue weighted by atomic mass is 10.1. The molecule has 0 aromatic carbocycles. The highest BCUT2D eigenvalue weighted by Crippen LogP contribution is 2.26. The summed E-state index contributed by atoms with van der Waals surface area (Å²) in [6.07, 6.45) is 1.56. The Kier molecular flexibility index (Phi) is 3.94. The number of carbonyl (C=O) groups excluding carboxylic acids is 2. The maximum absolute atomic E-state index is 12.6. The van der Waals surface area contributed by atoms with Gasteiger partial charge >= 0.3 is 6.03 Å². The maximum atomic E-state index is 12.6. The fourth-order valence-electron chi connectivity index (χ4n) is 3.34. The number of unbranched alkanes of at least 4 members (excludes halogenated alkanes) is 1. The molecule has 0 radical (unpaired) electrons. The monoisotopic (exact) mass is 309 g/mol. The molecule has 3 amide bonds. The molecule has 22 heavy (non-hydrogen) atoms. The van der Waals surface area contributed by atoms with E-state index in [4.69, 9.17) is 0 Å². The van der Waals surface area contributed by atoms with E-state index < -0.39 is 6.04 Å². The first-order chi connectivity index (χ1) is 10.5. The number of likely N-dealkylation sites (N-methyl/N-ethyl adjacent to an activating group) is 1. The Labute approximate surface area is 129 Å². The smallest absolute Gasteiger partial charge is 0.328 e. The predicted molar refractivity (Wildman–Crippen MR) is 80.1 cm³/mol. The van der Waals surface area contributed by atoms with Crippen molar-refractivity contribution in [3.05, 3.63) is 0 Å². The second kappa shape index (κ2) is 5.75. The van der Waals surface area contributed by atoms with Gasteiger partial charge in [-0.05, 0) is 26.2 Å². The molecule has 3 aliphatic rings. The molecule has 8 nitrogen and oxygen atoms in total. The van der Waals surface area contributed by atoms with E-state index in [1.54, 1.807) is 18.9 Å². The zero-order chi connectivity index (χ0) is 15.9. The van der Waals surface area contributed by atoms with Crippen LogP contribution in [0.25, 0.3) is 0 Å². The fraction of sp³-hybridized carbons (Fsp3) is 0.786. The highest BCUT2D eigenvalue weighted by molar-refractivity contribution is 6.04. The molecule has 3 aliphatic heterocycles. The number of rotatable bonds is 5. The first kappa shape index (κ1) is 15.1. The van der Waals surface area contributed by atoms with Gasteiger partial charge in [-0.25, -0.2) is 4.79 Å². The van der Waals surface area contributed by atoms with Gasteiger partial charge in [-0.3, -0.25) is 14.7 Å². The molecule has 8 heteroatoms. The topological polar surface area (TPSA) is 88.5 Å². The zero-order valence-corrected chi connectivity index (χ0v) is 13.0. The van der Waals surface area contributed by atoms with Gasteiger partial charge in [0.15, 0.2) is 5.96 Å². The lowest BCUT2D eigenvalue weighted by Gasteiger charge is -2.41. The van der Waals surface area contributed by atoms with E-state index in [2.05, 4.69) is 10.3 Å². The summed E-state index contributed by atoms with van der Waals surface area (Å²) in [5, 5.41) is 12.4. The van der Waals surface area contributed by atoms with Crippen molar-refractivity contribution in [2.24, 2.45) is 4.99 Å². The SMILES string of the molecule is C[C@@H](O)CCCCN1C(=O)C2NC3=NCCN3C2N(C)C1=O. The number of hydrogen-bond donors (Lipinski definition) is 2. The Balaban J connectivity index is 1.67. The molecule has 0 spiro atoms. The molecule has 2 saturated heterocycles. The van der Waals surface area contributed by atoms with E-state index in [0.717, 1.165) is 18.9 Å². The van der Waals surface area contributed by atoms with Crippen molar-refractivity contribution in [1.29, 1.82) is 0 Å². The summed E-state index contributed by atoms with van der Waals surface area (Å²) in [4.78, 5) is 34.4. The molecule has 0 aromatic rings. The van der Waals surface area contributed by atoms with E-state index in [1.165, 1.54) is 4.90 Å². The molecule has 3 heterocycles. The van der Waals surface area contributed by atoms with Crippen LogP contribution in [0.2, 0.25) is 0 Å². The van der Waals surface area contributed by atoms with Crippen LogP contribution in [0.15, 0.2) is 4.99 Å². The third-order valence-corrected chi connectivity index (χ3v) is 4.49. The molecule has 0 aromatic heterocycles. The molecule has 3 atom stereocenters. The molecule has 2 N–H and O–H groups in total. The Morgan fingerprint density at radius 3 is 2.91 bits per heavy atom. The maximum Gasteiger partial charge on any atom is 0.328 e. The highest BCUT2D eigenvalue weighted by atomic mass is 16.3. The molecular formula is C14H23N5O3. The molecule has 0 saturated carbocycles. The van der Waals surface area contributed by atoms with Crippen LogP contribution in [0.3, 0.4) is 0 Å². The van der Waals surface area contributed by atoms with E-state index in [-0.39, 0.29) is 24.2 Å². The lowest BCUT2D eigenvalue weighted by Crippen LogP contribution is -2.66. The standard InChI is InChI=1S/C14H23N5O3/c1-9(20)5-3-4-7-19-12(21)10-11(17(2)14(19)22)18-8-6-15-13(18)16-10/h9-11,20H,3-8H2,1-2H3,(H,15,16)/t9-,10?,11?/m1/s1. The Bertz CT molecular complexity index is 507. The van der Waals surface area contributed by atoms with Gasteiger partial charge in [0.1, 0.15) is 12.2 Å². The van der Waals surface area contributed by atoms with Gasteiger partial charge in [0.25, 0.3) is 5.91 Å². The third-order valence-electron chi connectivity index (χ3n) is 4.49. The van der Waals surface area contributed by atoms with Crippen molar-refractivity contribution < 1.29 is 14.7 Å². The van der Waals surface area contributed by atoms with Gasteiger partial charge in [0, 0.05) is 20.1 Å². The van der Waals surface area contributed by atoms with Crippen LogP contribution in [-0.4, -0.2) is 82.7 Å². The molecule has 2 fully saturated rings. The summed E-state index contributed by atoms with van der Waals surface area (Å²) in [7, 11) is 1.73. The van der Waals surface area contributed by atoms with E-state index in [9.17, 15) is 14.7 Å². The van der Waals surface area contributed by atoms with Crippen molar-refractivity contribution in [3.63, 3.8) is 0 Å². The van der Waals surface area contributed by atoms with Crippen LogP contribution in [0.5, 0.6) is 0 Å². The Hall–Kier alpha value is -1.83. The summed E-state index contributed by atoms with van der Waals surface area (Å²) in [5.74, 6) is 0.543. The number of urea groups is 1. The highest BCUT2D eigenvalue weighted by Gasteiger charge is 2.53. The van der Waals surface area contributed by atoms with Crippen molar-refractivity contribution in [2.45, 2.75) is 44.5 Å². The van der Waals surface area contributed by atoms with Gasteiger partial charge in [-0.15, -0.1) is 0 Å². The first-order valence-corrected chi connectivity index (χ1v) is 7.84. The van der Waals surface area contributed by atoms with Crippen LogP contribution in [-0.2, 0) is 4.79 Å². The van der Waals surface area contributed by atoms with Crippen LogP contribution < -0.4 is 5.32 Å². The van der Waals surface area contributed by atoms with Crippen molar-refractivity contribution in [3.8, 4) is 0 Å². The van der Waals surface area contributed by atoms with Gasteiger partial charge in [0.2, 0.25) is 0 Å². The van der Waals surface area contributed by atoms with E-state index in [1.807, 2.05) is 4.90 Å². The summed E-state index contributed by atoms with van der Waals surface area (Å²) >= 11 is 0. The number of aliphatic hydroxyl groups excluding tert-OH is 1. The number of hydrogen-bond acceptors (Lipinski definition) is 6. The number of amides is 3. The molecule has 2 unspecified atom stereocenters. The third kappa shape index (κ3) is 2.41. The van der Waals surface area contributed by atoms with Crippen LogP contribution in [0.1, 0.15) is 26.2 Å². The fourth-order valence-corrected chi connectivity index (χ4v) is 3.34. The van der Waals surface area contributed by atoms with Crippen LogP contribution in [0.4, 0.5) is 4.79 Å². The lowest BCUT2D eigenvalue weighted by molar-refractivity contribution is -0.135.